The Balaban J connectivity index is 2.08. The third kappa shape index (κ3) is 1.48. The molecule has 0 spiro atoms. The summed E-state index contributed by atoms with van der Waals surface area (Å²) in [5, 5.41) is 12.1. The average Bonchev–Trinajstić information content (AvgIpc) is 2.54. The molecule has 1 saturated heterocycles. The van der Waals surface area contributed by atoms with Crippen LogP contribution in [-0.4, -0.2) is 23.3 Å². The van der Waals surface area contributed by atoms with Gasteiger partial charge in [-0.25, -0.2) is 5.32 Å². The molecule has 0 N–H and O–H groups in total. The van der Waals surface area contributed by atoms with Crippen LogP contribution in [0.5, 0.6) is 0 Å². The highest BCUT2D eigenvalue weighted by Gasteiger charge is 2.20. The highest BCUT2D eigenvalue weighted by Crippen LogP contribution is 2.23. The van der Waals surface area contributed by atoms with E-state index in [2.05, 4.69) is 15.5 Å². The van der Waals surface area contributed by atoms with Crippen LogP contribution in [0.1, 0.15) is 30.5 Å². The fourth-order valence-corrected chi connectivity index (χ4v) is 1.47. The lowest BCUT2D eigenvalue weighted by molar-refractivity contribution is 0.363. The molecule has 1 aromatic heterocycles. The molecule has 0 aromatic carbocycles. The number of hydrogen-bond donors (Lipinski definition) is 0. The number of nitrogens with zero attached hydrogens (tertiary/aromatic N) is 3. The summed E-state index contributed by atoms with van der Waals surface area (Å²) in [6.07, 6.45) is 2.11. The SMILES string of the molecule is Cc1nnc(C2CC[N]CC2)o1. The quantitative estimate of drug-likeness (QED) is 0.621. The number of rotatable bonds is 1. The highest BCUT2D eigenvalue weighted by molar-refractivity contribution is 4.92. The molecule has 0 aliphatic carbocycles. The molecule has 0 atom stereocenters. The van der Waals surface area contributed by atoms with Gasteiger partial charge in [-0.05, 0) is 12.8 Å². The predicted octanol–water partition coefficient (Wildman–Crippen LogP) is 0.860. The molecule has 4 nitrogen and oxygen atoms in total. The molecular formula is C8H12N3O. The van der Waals surface area contributed by atoms with Crippen molar-refractivity contribution < 1.29 is 4.42 Å². The minimum absolute atomic E-state index is 0.448. The van der Waals surface area contributed by atoms with E-state index < -0.39 is 0 Å². The Morgan fingerprint density at radius 3 is 2.58 bits per heavy atom. The van der Waals surface area contributed by atoms with Crippen molar-refractivity contribution in [3.8, 4) is 0 Å². The molecule has 0 bridgehead atoms. The van der Waals surface area contributed by atoms with Gasteiger partial charge in [-0.1, -0.05) is 0 Å². The van der Waals surface area contributed by atoms with Crippen LogP contribution in [0.25, 0.3) is 0 Å². The zero-order valence-electron chi connectivity index (χ0n) is 7.16. The standard InChI is InChI=1S/C8H12N3O/c1-6-10-11-8(12-6)7-2-4-9-5-3-7/h7H,2-5H2,1H3. The lowest BCUT2D eigenvalue weighted by Gasteiger charge is -2.17. The van der Waals surface area contributed by atoms with Gasteiger partial charge in [-0.2, -0.15) is 0 Å². The van der Waals surface area contributed by atoms with Crippen molar-refractivity contribution in [2.75, 3.05) is 13.1 Å². The van der Waals surface area contributed by atoms with Crippen LogP contribution in [0.4, 0.5) is 0 Å². The van der Waals surface area contributed by atoms with Crippen molar-refractivity contribution in [2.24, 2.45) is 0 Å². The van der Waals surface area contributed by atoms with Crippen LogP contribution in [0.15, 0.2) is 4.42 Å². The van der Waals surface area contributed by atoms with Crippen LogP contribution in [0, 0.1) is 6.92 Å². The summed E-state index contributed by atoms with van der Waals surface area (Å²) in [6.45, 7) is 3.70. The van der Waals surface area contributed by atoms with Gasteiger partial charge in [0.1, 0.15) is 0 Å². The maximum Gasteiger partial charge on any atom is 0.219 e. The van der Waals surface area contributed by atoms with Crippen molar-refractivity contribution in [3.05, 3.63) is 11.8 Å². The smallest absolute Gasteiger partial charge is 0.219 e. The lowest BCUT2D eigenvalue weighted by Crippen LogP contribution is -2.21. The van der Waals surface area contributed by atoms with E-state index in [1.54, 1.807) is 0 Å². The number of aromatic nitrogens is 2. The Kier molecular flexibility index (Phi) is 2.08. The topological polar surface area (TPSA) is 53.0 Å². The molecule has 1 aliphatic rings. The Bertz CT molecular complexity index is 253. The summed E-state index contributed by atoms with van der Waals surface area (Å²) >= 11 is 0. The Hall–Kier alpha value is -0.900. The molecule has 12 heavy (non-hydrogen) atoms. The molecule has 1 aliphatic heterocycles. The van der Waals surface area contributed by atoms with E-state index in [0.717, 1.165) is 31.8 Å². The Labute approximate surface area is 71.4 Å². The lowest BCUT2D eigenvalue weighted by atomic mass is 9.98. The van der Waals surface area contributed by atoms with Crippen molar-refractivity contribution in [1.29, 1.82) is 0 Å². The van der Waals surface area contributed by atoms with Gasteiger partial charge in [0, 0.05) is 25.9 Å². The van der Waals surface area contributed by atoms with Crippen molar-refractivity contribution in [2.45, 2.75) is 25.7 Å². The largest absolute Gasteiger partial charge is 0.425 e. The van der Waals surface area contributed by atoms with Crippen LogP contribution in [0.3, 0.4) is 0 Å². The molecule has 1 aromatic rings. The summed E-state index contributed by atoms with van der Waals surface area (Å²) in [4.78, 5) is 0. The van der Waals surface area contributed by atoms with E-state index in [1.165, 1.54) is 0 Å². The predicted molar refractivity (Wildman–Crippen MR) is 42.9 cm³/mol. The van der Waals surface area contributed by atoms with Crippen LogP contribution in [-0.2, 0) is 0 Å². The van der Waals surface area contributed by atoms with E-state index in [-0.39, 0.29) is 0 Å². The van der Waals surface area contributed by atoms with E-state index in [4.69, 9.17) is 4.42 Å². The molecule has 1 fully saturated rings. The van der Waals surface area contributed by atoms with Crippen LogP contribution in [0.2, 0.25) is 0 Å². The van der Waals surface area contributed by atoms with Gasteiger partial charge in [0.15, 0.2) is 0 Å². The first-order valence-corrected chi connectivity index (χ1v) is 4.29. The second-order valence-corrected chi connectivity index (χ2v) is 3.10. The number of piperidine rings is 1. The van der Waals surface area contributed by atoms with E-state index in [0.29, 0.717) is 11.8 Å². The van der Waals surface area contributed by atoms with Gasteiger partial charge in [0.25, 0.3) is 0 Å². The normalized spacial score (nSPS) is 19.8. The second-order valence-electron chi connectivity index (χ2n) is 3.10. The molecule has 2 rings (SSSR count). The first kappa shape index (κ1) is 7.73. The maximum atomic E-state index is 5.36. The fraction of sp³-hybridized carbons (Fsp3) is 0.750. The molecule has 0 unspecified atom stereocenters. The Morgan fingerprint density at radius 2 is 2.00 bits per heavy atom. The van der Waals surface area contributed by atoms with Gasteiger partial charge in [-0.3, -0.25) is 0 Å². The summed E-state index contributed by atoms with van der Waals surface area (Å²) in [6, 6.07) is 0. The molecule has 0 amide bonds. The molecule has 4 heteroatoms. The Morgan fingerprint density at radius 1 is 1.25 bits per heavy atom. The van der Waals surface area contributed by atoms with Crippen molar-refractivity contribution in [3.63, 3.8) is 0 Å². The maximum absolute atomic E-state index is 5.36. The second kappa shape index (κ2) is 3.23. The van der Waals surface area contributed by atoms with E-state index in [1.807, 2.05) is 6.92 Å². The first-order valence-electron chi connectivity index (χ1n) is 4.29. The minimum atomic E-state index is 0.448. The molecule has 1 radical (unpaired) electrons. The van der Waals surface area contributed by atoms with Gasteiger partial charge in [0.2, 0.25) is 11.8 Å². The van der Waals surface area contributed by atoms with Crippen LogP contribution < -0.4 is 5.32 Å². The molecule has 2 heterocycles. The third-order valence-electron chi connectivity index (χ3n) is 2.16. The zero-order valence-corrected chi connectivity index (χ0v) is 7.16. The number of aryl methyl sites for hydroxylation is 1. The highest BCUT2D eigenvalue weighted by atomic mass is 16.4. The van der Waals surface area contributed by atoms with E-state index >= 15 is 0 Å². The van der Waals surface area contributed by atoms with Crippen molar-refractivity contribution >= 4 is 0 Å². The average molecular weight is 166 g/mol. The van der Waals surface area contributed by atoms with Gasteiger partial charge < -0.3 is 4.42 Å². The zero-order chi connectivity index (χ0) is 8.39. The third-order valence-corrected chi connectivity index (χ3v) is 2.16. The summed E-state index contributed by atoms with van der Waals surface area (Å²) < 4.78 is 5.36. The van der Waals surface area contributed by atoms with Crippen LogP contribution >= 0.6 is 0 Å². The monoisotopic (exact) mass is 166 g/mol. The first-order chi connectivity index (χ1) is 5.86. The summed E-state index contributed by atoms with van der Waals surface area (Å²) in [5.41, 5.74) is 0. The summed E-state index contributed by atoms with van der Waals surface area (Å²) in [7, 11) is 0. The number of hydrogen-bond acceptors (Lipinski definition) is 3. The van der Waals surface area contributed by atoms with Gasteiger partial charge in [-0.15, -0.1) is 10.2 Å². The minimum Gasteiger partial charge on any atom is -0.425 e. The van der Waals surface area contributed by atoms with E-state index in [9.17, 15) is 0 Å². The molecule has 65 valence electrons. The van der Waals surface area contributed by atoms with Gasteiger partial charge in [0.05, 0.1) is 0 Å². The van der Waals surface area contributed by atoms with Crippen molar-refractivity contribution in [1.82, 2.24) is 15.5 Å². The van der Waals surface area contributed by atoms with Gasteiger partial charge >= 0.3 is 0 Å². The molecular weight excluding hydrogens is 154 g/mol. The fourth-order valence-electron chi connectivity index (χ4n) is 1.47. The summed E-state index contributed by atoms with van der Waals surface area (Å²) in [5.74, 6) is 1.90. The molecule has 0 saturated carbocycles.